The van der Waals surface area contributed by atoms with Gasteiger partial charge in [-0.3, -0.25) is 4.79 Å². The fourth-order valence-electron chi connectivity index (χ4n) is 2.59. The second-order valence-electron chi connectivity index (χ2n) is 5.76. The number of methoxy groups -OCH3 is 1. The van der Waals surface area contributed by atoms with Crippen molar-refractivity contribution in [2.45, 2.75) is 13.5 Å². The zero-order chi connectivity index (χ0) is 19.2. The molecule has 0 fully saturated rings. The number of fused-ring (bicyclic) bond motifs is 1. The Morgan fingerprint density at radius 3 is 2.63 bits per heavy atom. The highest BCUT2D eigenvalue weighted by molar-refractivity contribution is 5.83. The largest absolute Gasteiger partial charge is 0.496 e. The van der Waals surface area contributed by atoms with Gasteiger partial charge in [-0.1, -0.05) is 36.4 Å². The quantitative estimate of drug-likeness (QED) is 0.434. The highest BCUT2D eigenvalue weighted by Gasteiger charge is 2.16. The standard InChI is InChI=1S/C20H20N4O3/c1-14(25)27-24(13-16-8-4-6-10-18(16)26-2)20(21)23-19-12-11-15-7-3-5-9-17(15)22-19/h3-12H,13H2,1-2H3,(H2,21,22,23). The fraction of sp³-hybridized carbons (Fsp3) is 0.150. The van der Waals surface area contributed by atoms with Gasteiger partial charge < -0.3 is 15.3 Å². The number of hydroxylamine groups is 2. The lowest BCUT2D eigenvalue weighted by Crippen LogP contribution is -2.38. The maximum absolute atomic E-state index is 11.5. The monoisotopic (exact) mass is 364 g/mol. The summed E-state index contributed by atoms with van der Waals surface area (Å²) in [6.07, 6.45) is 0. The average molecular weight is 364 g/mol. The summed E-state index contributed by atoms with van der Waals surface area (Å²) in [6, 6.07) is 18.8. The van der Waals surface area contributed by atoms with Crippen LogP contribution >= 0.6 is 0 Å². The number of benzene rings is 2. The van der Waals surface area contributed by atoms with Crippen LogP contribution in [0, 0.1) is 0 Å². The lowest BCUT2D eigenvalue weighted by molar-refractivity contribution is -0.172. The molecule has 7 nitrogen and oxygen atoms in total. The number of carbonyl (C=O) groups is 1. The van der Waals surface area contributed by atoms with E-state index in [1.807, 2.05) is 54.6 Å². The van der Waals surface area contributed by atoms with Crippen molar-refractivity contribution in [3.05, 3.63) is 66.2 Å². The first kappa shape index (κ1) is 18.2. The van der Waals surface area contributed by atoms with Crippen molar-refractivity contribution >= 4 is 28.6 Å². The Labute approximate surface area is 157 Å². The molecule has 27 heavy (non-hydrogen) atoms. The lowest BCUT2D eigenvalue weighted by atomic mass is 10.2. The average Bonchev–Trinajstić information content (AvgIpc) is 2.67. The number of aliphatic imine (C=N–C) groups is 1. The number of ether oxygens (including phenoxy) is 1. The predicted molar refractivity (Wildman–Crippen MR) is 103 cm³/mol. The molecule has 138 valence electrons. The fourth-order valence-corrected chi connectivity index (χ4v) is 2.59. The van der Waals surface area contributed by atoms with E-state index in [1.54, 1.807) is 13.2 Å². The maximum atomic E-state index is 11.5. The normalized spacial score (nSPS) is 11.3. The molecule has 0 aliphatic carbocycles. The van der Waals surface area contributed by atoms with Crippen molar-refractivity contribution in [2.75, 3.05) is 7.11 Å². The van der Waals surface area contributed by atoms with Crippen molar-refractivity contribution in [3.63, 3.8) is 0 Å². The second-order valence-corrected chi connectivity index (χ2v) is 5.76. The molecule has 1 heterocycles. The number of aromatic nitrogens is 1. The second kappa shape index (κ2) is 8.18. The van der Waals surface area contributed by atoms with E-state index in [4.69, 9.17) is 15.3 Å². The number of para-hydroxylation sites is 2. The van der Waals surface area contributed by atoms with Gasteiger partial charge in [0.05, 0.1) is 19.2 Å². The number of pyridine rings is 1. The summed E-state index contributed by atoms with van der Waals surface area (Å²) in [4.78, 5) is 25.5. The van der Waals surface area contributed by atoms with Crippen molar-refractivity contribution in [2.24, 2.45) is 10.7 Å². The molecular formula is C20H20N4O3. The van der Waals surface area contributed by atoms with Gasteiger partial charge in [-0.25, -0.2) is 4.98 Å². The summed E-state index contributed by atoms with van der Waals surface area (Å²) < 4.78 is 5.34. The summed E-state index contributed by atoms with van der Waals surface area (Å²) in [5.41, 5.74) is 7.70. The van der Waals surface area contributed by atoms with Crippen molar-refractivity contribution < 1.29 is 14.4 Å². The first-order chi connectivity index (χ1) is 13.1. The first-order valence-corrected chi connectivity index (χ1v) is 8.35. The van der Waals surface area contributed by atoms with E-state index < -0.39 is 5.97 Å². The summed E-state index contributed by atoms with van der Waals surface area (Å²) >= 11 is 0. The third-order valence-corrected chi connectivity index (χ3v) is 3.81. The van der Waals surface area contributed by atoms with Crippen molar-refractivity contribution in [1.82, 2.24) is 10.0 Å². The highest BCUT2D eigenvalue weighted by atomic mass is 16.7. The van der Waals surface area contributed by atoms with Crippen LogP contribution in [0.25, 0.3) is 10.9 Å². The van der Waals surface area contributed by atoms with E-state index in [9.17, 15) is 4.79 Å². The molecule has 1 aromatic heterocycles. The van der Waals surface area contributed by atoms with Crippen LogP contribution in [0.1, 0.15) is 12.5 Å². The summed E-state index contributed by atoms with van der Waals surface area (Å²) in [5.74, 6) is 0.586. The molecule has 0 atom stereocenters. The van der Waals surface area contributed by atoms with Crippen LogP contribution in [0.4, 0.5) is 5.82 Å². The number of carbonyl (C=O) groups excluding carboxylic acids is 1. The van der Waals surface area contributed by atoms with Crippen LogP contribution < -0.4 is 10.5 Å². The molecule has 0 unspecified atom stereocenters. The minimum absolute atomic E-state index is 0.0129. The summed E-state index contributed by atoms with van der Waals surface area (Å²) in [5, 5.41) is 2.22. The van der Waals surface area contributed by atoms with Crippen LogP contribution in [0.15, 0.2) is 65.7 Å². The maximum Gasteiger partial charge on any atom is 0.329 e. The van der Waals surface area contributed by atoms with Crippen LogP contribution in [0.5, 0.6) is 5.75 Å². The molecular weight excluding hydrogens is 344 g/mol. The smallest absolute Gasteiger partial charge is 0.329 e. The van der Waals surface area contributed by atoms with Crippen LogP contribution in [0.2, 0.25) is 0 Å². The zero-order valence-corrected chi connectivity index (χ0v) is 15.1. The molecule has 3 rings (SSSR count). The van der Waals surface area contributed by atoms with Gasteiger partial charge >= 0.3 is 5.97 Å². The molecule has 2 aromatic carbocycles. The molecule has 0 saturated heterocycles. The third kappa shape index (κ3) is 4.52. The van der Waals surface area contributed by atoms with Gasteiger partial charge in [0.1, 0.15) is 5.75 Å². The number of nitrogens with two attached hydrogens (primary N) is 1. The minimum Gasteiger partial charge on any atom is -0.496 e. The van der Waals surface area contributed by atoms with E-state index >= 15 is 0 Å². The van der Waals surface area contributed by atoms with E-state index in [1.165, 1.54) is 12.0 Å². The predicted octanol–water partition coefficient (Wildman–Crippen LogP) is 3.17. The Morgan fingerprint density at radius 2 is 1.85 bits per heavy atom. The molecule has 0 radical (unpaired) electrons. The van der Waals surface area contributed by atoms with Crippen molar-refractivity contribution in [1.29, 1.82) is 0 Å². The van der Waals surface area contributed by atoms with Crippen molar-refractivity contribution in [3.8, 4) is 5.75 Å². The molecule has 0 saturated carbocycles. The molecule has 0 spiro atoms. The topological polar surface area (TPSA) is 90.0 Å². The number of guanidine groups is 1. The summed E-state index contributed by atoms with van der Waals surface area (Å²) in [6.45, 7) is 1.49. The van der Waals surface area contributed by atoms with Crippen LogP contribution in [-0.4, -0.2) is 29.1 Å². The van der Waals surface area contributed by atoms with Crippen LogP contribution in [0.3, 0.4) is 0 Å². The van der Waals surface area contributed by atoms with Gasteiger partial charge in [-0.15, -0.1) is 0 Å². The number of hydrogen-bond acceptors (Lipinski definition) is 5. The Hall–Kier alpha value is -3.61. The third-order valence-electron chi connectivity index (χ3n) is 3.81. The molecule has 0 aliphatic rings. The van der Waals surface area contributed by atoms with Gasteiger partial charge in [0, 0.05) is 17.9 Å². The molecule has 3 aromatic rings. The number of hydrogen-bond donors (Lipinski definition) is 1. The molecule has 0 aliphatic heterocycles. The zero-order valence-electron chi connectivity index (χ0n) is 15.1. The summed E-state index contributed by atoms with van der Waals surface area (Å²) in [7, 11) is 1.57. The van der Waals surface area contributed by atoms with E-state index in [0.29, 0.717) is 11.6 Å². The van der Waals surface area contributed by atoms with Gasteiger partial charge in [0.2, 0.25) is 5.96 Å². The molecule has 0 bridgehead atoms. The highest BCUT2D eigenvalue weighted by Crippen LogP contribution is 2.21. The minimum atomic E-state index is -0.505. The first-order valence-electron chi connectivity index (χ1n) is 8.35. The van der Waals surface area contributed by atoms with Gasteiger partial charge in [-0.2, -0.15) is 10.1 Å². The molecule has 0 amide bonds. The van der Waals surface area contributed by atoms with E-state index in [-0.39, 0.29) is 12.5 Å². The molecule has 2 N–H and O–H groups in total. The lowest BCUT2D eigenvalue weighted by Gasteiger charge is -2.22. The Morgan fingerprint density at radius 1 is 1.11 bits per heavy atom. The van der Waals surface area contributed by atoms with Gasteiger partial charge in [0.25, 0.3) is 0 Å². The van der Waals surface area contributed by atoms with E-state index in [2.05, 4.69) is 9.98 Å². The SMILES string of the molecule is COc1ccccc1CN(OC(C)=O)C(N)=Nc1ccc2ccccc2n1. The van der Waals surface area contributed by atoms with Gasteiger partial charge in [-0.05, 0) is 24.3 Å². The Bertz CT molecular complexity index is 988. The molecule has 7 heteroatoms. The van der Waals surface area contributed by atoms with Gasteiger partial charge in [0.15, 0.2) is 5.82 Å². The Balaban J connectivity index is 1.90. The number of nitrogens with zero attached hydrogens (tertiary/aromatic N) is 3. The Kier molecular flexibility index (Phi) is 5.51. The number of rotatable bonds is 4. The van der Waals surface area contributed by atoms with Crippen LogP contribution in [-0.2, 0) is 16.2 Å². The van der Waals surface area contributed by atoms with E-state index in [0.717, 1.165) is 16.5 Å².